The first-order valence-corrected chi connectivity index (χ1v) is 8.13. The zero-order valence-corrected chi connectivity index (χ0v) is 13.5. The number of hydrogen-bond donors (Lipinski definition) is 1. The first-order valence-electron chi connectivity index (χ1n) is 7.31. The Morgan fingerprint density at radius 3 is 2.70 bits per heavy atom. The van der Waals surface area contributed by atoms with Crippen LogP contribution in [0.2, 0.25) is 0 Å². The molecule has 3 rings (SSSR count). The molecule has 0 radical (unpaired) electrons. The van der Waals surface area contributed by atoms with Gasteiger partial charge >= 0.3 is 6.09 Å². The van der Waals surface area contributed by atoms with E-state index < -0.39 is 6.09 Å². The molecule has 0 aliphatic carbocycles. The Labute approximate surface area is 138 Å². The number of nitrogens with zero attached hydrogens (tertiary/aromatic N) is 1. The summed E-state index contributed by atoms with van der Waals surface area (Å²) in [6.07, 6.45) is 1.55. The van der Waals surface area contributed by atoms with Crippen LogP contribution in [0.25, 0.3) is 11.0 Å². The zero-order chi connectivity index (χ0) is 16.2. The predicted molar refractivity (Wildman–Crippen MR) is 91.1 cm³/mol. The molecule has 0 bridgehead atoms. The summed E-state index contributed by atoms with van der Waals surface area (Å²) in [5.74, 6) is 0. The number of rotatable bonds is 5. The van der Waals surface area contributed by atoms with Gasteiger partial charge in [-0.05, 0) is 30.2 Å². The number of benzene rings is 2. The highest BCUT2D eigenvalue weighted by Gasteiger charge is 2.11. The summed E-state index contributed by atoms with van der Waals surface area (Å²) < 4.78 is 5.58. The molecule has 0 saturated heterocycles. The van der Waals surface area contributed by atoms with Gasteiger partial charge in [-0.1, -0.05) is 42.1 Å². The molecule has 0 aliphatic heterocycles. The Hall–Kier alpha value is -2.40. The molecule has 0 spiro atoms. The van der Waals surface area contributed by atoms with Crippen molar-refractivity contribution in [2.24, 2.45) is 0 Å². The van der Waals surface area contributed by atoms with Crippen molar-refractivity contribution in [1.29, 1.82) is 0 Å². The van der Waals surface area contributed by atoms with Gasteiger partial charge in [-0.2, -0.15) is 0 Å². The van der Waals surface area contributed by atoms with Crippen molar-refractivity contribution in [2.45, 2.75) is 16.2 Å². The molecule has 118 valence electrons. The number of carboxylic acid groups (broad SMARTS) is 1. The summed E-state index contributed by atoms with van der Waals surface area (Å²) in [5, 5.41) is 10.1. The molecule has 3 aromatic rings. The summed E-state index contributed by atoms with van der Waals surface area (Å²) >= 11 is 1.65. The number of amides is 1. The molecule has 0 aliphatic rings. The highest BCUT2D eigenvalue weighted by atomic mass is 32.2. The minimum atomic E-state index is -0.907. The smallest absolute Gasteiger partial charge is 0.407 e. The maximum atomic E-state index is 10.9. The van der Waals surface area contributed by atoms with Crippen LogP contribution in [0.4, 0.5) is 4.79 Å². The zero-order valence-electron chi connectivity index (χ0n) is 12.7. The Morgan fingerprint density at radius 2 is 1.87 bits per heavy atom. The first-order chi connectivity index (χ1) is 11.1. The van der Waals surface area contributed by atoms with Gasteiger partial charge in [0.15, 0.2) is 0 Å². The molecular weight excluding hydrogens is 310 g/mol. The molecular formula is C18H17NO3S. The lowest BCUT2D eigenvalue weighted by atomic mass is 10.1. The number of para-hydroxylation sites is 1. The van der Waals surface area contributed by atoms with Crippen LogP contribution in [0.3, 0.4) is 0 Å². The van der Waals surface area contributed by atoms with E-state index in [1.807, 2.05) is 42.5 Å². The largest absolute Gasteiger partial charge is 0.465 e. The molecule has 0 fully saturated rings. The summed E-state index contributed by atoms with van der Waals surface area (Å²) in [5.41, 5.74) is 2.01. The lowest BCUT2D eigenvalue weighted by Crippen LogP contribution is -2.26. The molecule has 1 heterocycles. The summed E-state index contributed by atoms with van der Waals surface area (Å²) in [6, 6.07) is 16.0. The van der Waals surface area contributed by atoms with Crippen LogP contribution in [-0.2, 0) is 6.42 Å². The van der Waals surface area contributed by atoms with E-state index in [0.29, 0.717) is 13.0 Å². The Morgan fingerprint density at radius 1 is 1.13 bits per heavy atom. The normalized spacial score (nSPS) is 10.8. The highest BCUT2D eigenvalue weighted by molar-refractivity contribution is 7.99. The molecule has 1 aromatic heterocycles. The predicted octanol–water partition coefficient (Wildman–Crippen LogP) is 4.74. The number of fused-ring (bicyclic) bond motifs is 1. The van der Waals surface area contributed by atoms with Gasteiger partial charge in [0, 0.05) is 23.9 Å². The van der Waals surface area contributed by atoms with Crippen molar-refractivity contribution in [3.63, 3.8) is 0 Å². The SMILES string of the molecule is CN(CCc1ccccc1Sc1coc2ccccc12)C(=O)O. The molecule has 0 unspecified atom stereocenters. The van der Waals surface area contributed by atoms with Gasteiger partial charge in [0.1, 0.15) is 11.8 Å². The fraction of sp³-hybridized carbons (Fsp3) is 0.167. The quantitative estimate of drug-likeness (QED) is 0.735. The number of hydrogen-bond acceptors (Lipinski definition) is 3. The molecule has 0 saturated carbocycles. The number of carbonyl (C=O) groups is 1. The van der Waals surface area contributed by atoms with Crippen molar-refractivity contribution in [2.75, 3.05) is 13.6 Å². The fourth-order valence-electron chi connectivity index (χ4n) is 2.34. The number of likely N-dealkylation sites (N-methyl/N-ethyl adjacent to an activating group) is 1. The van der Waals surface area contributed by atoms with E-state index in [1.54, 1.807) is 25.1 Å². The summed E-state index contributed by atoms with van der Waals surface area (Å²) in [6.45, 7) is 0.471. The maximum absolute atomic E-state index is 10.9. The van der Waals surface area contributed by atoms with E-state index in [-0.39, 0.29) is 0 Å². The standard InChI is InChI=1S/C18H17NO3S/c1-19(18(20)21)11-10-13-6-2-5-9-16(13)23-17-12-22-15-8-4-3-7-14(15)17/h2-9,12H,10-11H2,1H3,(H,20,21). The monoisotopic (exact) mass is 327 g/mol. The van der Waals surface area contributed by atoms with E-state index in [2.05, 4.69) is 6.07 Å². The van der Waals surface area contributed by atoms with E-state index >= 15 is 0 Å². The van der Waals surface area contributed by atoms with Crippen LogP contribution in [-0.4, -0.2) is 29.7 Å². The third-order valence-corrected chi connectivity index (χ3v) is 4.84. The second-order valence-corrected chi connectivity index (χ2v) is 6.34. The van der Waals surface area contributed by atoms with Gasteiger partial charge in [0.05, 0.1) is 4.90 Å². The van der Waals surface area contributed by atoms with Gasteiger partial charge in [0.25, 0.3) is 0 Å². The third kappa shape index (κ3) is 3.51. The molecule has 1 amide bonds. The van der Waals surface area contributed by atoms with Crippen LogP contribution in [0.5, 0.6) is 0 Å². The van der Waals surface area contributed by atoms with E-state index in [0.717, 1.165) is 26.3 Å². The Kier molecular flexibility index (Phi) is 4.57. The van der Waals surface area contributed by atoms with Crippen molar-refractivity contribution < 1.29 is 14.3 Å². The lowest BCUT2D eigenvalue weighted by molar-refractivity contribution is 0.156. The topological polar surface area (TPSA) is 53.7 Å². The van der Waals surface area contributed by atoms with Gasteiger partial charge in [-0.25, -0.2) is 4.79 Å². The molecule has 23 heavy (non-hydrogen) atoms. The van der Waals surface area contributed by atoms with Gasteiger partial charge in [-0.15, -0.1) is 0 Å². The van der Waals surface area contributed by atoms with E-state index in [9.17, 15) is 4.79 Å². The third-order valence-electron chi connectivity index (χ3n) is 3.68. The van der Waals surface area contributed by atoms with Crippen LogP contribution >= 0.6 is 11.8 Å². The van der Waals surface area contributed by atoms with Crippen LogP contribution < -0.4 is 0 Å². The minimum Gasteiger partial charge on any atom is -0.465 e. The lowest BCUT2D eigenvalue weighted by Gasteiger charge is -2.14. The molecule has 0 atom stereocenters. The highest BCUT2D eigenvalue weighted by Crippen LogP contribution is 2.36. The van der Waals surface area contributed by atoms with Crippen LogP contribution in [0, 0.1) is 0 Å². The number of furan rings is 1. The molecule has 1 N–H and O–H groups in total. The first kappa shape index (κ1) is 15.5. The Balaban J connectivity index is 1.82. The van der Waals surface area contributed by atoms with Crippen LogP contribution in [0.1, 0.15) is 5.56 Å². The average Bonchev–Trinajstić information content (AvgIpc) is 2.97. The fourth-order valence-corrected chi connectivity index (χ4v) is 3.40. The van der Waals surface area contributed by atoms with Crippen molar-refractivity contribution in [3.8, 4) is 0 Å². The van der Waals surface area contributed by atoms with E-state index in [1.165, 1.54) is 4.90 Å². The van der Waals surface area contributed by atoms with Crippen LogP contribution in [0.15, 0.2) is 69.0 Å². The second-order valence-electron chi connectivity index (χ2n) is 5.26. The summed E-state index contributed by atoms with van der Waals surface area (Å²) in [7, 11) is 1.58. The maximum Gasteiger partial charge on any atom is 0.407 e. The average molecular weight is 327 g/mol. The van der Waals surface area contributed by atoms with Gasteiger partial charge in [0.2, 0.25) is 0 Å². The van der Waals surface area contributed by atoms with Gasteiger partial charge < -0.3 is 14.4 Å². The van der Waals surface area contributed by atoms with Gasteiger partial charge in [-0.3, -0.25) is 0 Å². The van der Waals surface area contributed by atoms with Crippen molar-refractivity contribution in [3.05, 3.63) is 60.4 Å². The molecule has 5 heteroatoms. The van der Waals surface area contributed by atoms with Crippen molar-refractivity contribution in [1.82, 2.24) is 4.90 Å². The van der Waals surface area contributed by atoms with E-state index in [4.69, 9.17) is 9.52 Å². The Bertz CT molecular complexity index is 828. The second kappa shape index (κ2) is 6.79. The summed E-state index contributed by atoms with van der Waals surface area (Å²) in [4.78, 5) is 14.4. The minimum absolute atomic E-state index is 0.471. The van der Waals surface area contributed by atoms with Crippen molar-refractivity contribution >= 4 is 28.8 Å². The molecule has 4 nitrogen and oxygen atoms in total. The molecule has 2 aromatic carbocycles.